The smallest absolute Gasteiger partial charge is 0.253 e. The number of carbonyl (C=O) groups is 2. The SMILES string of the molecule is Cc1cccc(N2CCN(C(=O)c3ccc([C@@H]4SCC(=O)N4Cc4ccco4)cc3)CC2)c1C. The lowest BCUT2D eigenvalue weighted by atomic mass is 10.1. The van der Waals surface area contributed by atoms with Crippen LogP contribution in [0.2, 0.25) is 0 Å². The molecule has 7 heteroatoms. The predicted molar refractivity (Wildman–Crippen MR) is 135 cm³/mol. The highest BCUT2D eigenvalue weighted by Gasteiger charge is 2.33. The van der Waals surface area contributed by atoms with Crippen molar-refractivity contribution in [3.8, 4) is 0 Å². The van der Waals surface area contributed by atoms with Gasteiger partial charge in [0.05, 0.1) is 18.6 Å². The first kappa shape index (κ1) is 22.6. The van der Waals surface area contributed by atoms with Crippen molar-refractivity contribution in [1.29, 1.82) is 0 Å². The third kappa shape index (κ3) is 4.44. The van der Waals surface area contributed by atoms with Gasteiger partial charge in [0, 0.05) is 37.4 Å². The Bertz CT molecular complexity index is 1170. The maximum absolute atomic E-state index is 13.1. The Morgan fingerprint density at radius 1 is 1.00 bits per heavy atom. The zero-order valence-electron chi connectivity index (χ0n) is 19.6. The molecular formula is C27H29N3O3S. The lowest BCUT2D eigenvalue weighted by molar-refractivity contribution is -0.128. The molecule has 1 aromatic heterocycles. The lowest BCUT2D eigenvalue weighted by Gasteiger charge is -2.37. The minimum atomic E-state index is -0.0668. The van der Waals surface area contributed by atoms with Gasteiger partial charge in [0.15, 0.2) is 0 Å². The molecule has 2 saturated heterocycles. The third-order valence-electron chi connectivity index (χ3n) is 6.80. The van der Waals surface area contributed by atoms with E-state index in [1.54, 1.807) is 18.0 Å². The summed E-state index contributed by atoms with van der Waals surface area (Å²) in [5.41, 5.74) is 5.58. The Morgan fingerprint density at radius 2 is 1.76 bits per heavy atom. The number of piperazine rings is 1. The molecule has 0 radical (unpaired) electrons. The molecule has 0 bridgehead atoms. The van der Waals surface area contributed by atoms with E-state index in [-0.39, 0.29) is 17.2 Å². The van der Waals surface area contributed by atoms with E-state index in [4.69, 9.17) is 4.42 Å². The summed E-state index contributed by atoms with van der Waals surface area (Å²) < 4.78 is 5.44. The van der Waals surface area contributed by atoms with Crippen LogP contribution in [0.25, 0.3) is 0 Å². The van der Waals surface area contributed by atoms with Crippen LogP contribution in [0.5, 0.6) is 0 Å². The normalized spacial score (nSPS) is 18.6. The number of anilines is 1. The van der Waals surface area contributed by atoms with Gasteiger partial charge in [-0.15, -0.1) is 11.8 Å². The van der Waals surface area contributed by atoms with Crippen LogP contribution in [0.3, 0.4) is 0 Å². The quantitative estimate of drug-likeness (QED) is 0.538. The van der Waals surface area contributed by atoms with E-state index in [9.17, 15) is 9.59 Å². The third-order valence-corrected chi connectivity index (χ3v) is 8.06. The first-order chi connectivity index (χ1) is 16.5. The van der Waals surface area contributed by atoms with E-state index in [2.05, 4.69) is 36.9 Å². The van der Waals surface area contributed by atoms with Crippen molar-refractivity contribution in [2.75, 3.05) is 36.8 Å². The lowest BCUT2D eigenvalue weighted by Crippen LogP contribution is -2.49. The van der Waals surface area contributed by atoms with Crippen molar-refractivity contribution in [1.82, 2.24) is 9.80 Å². The molecule has 2 fully saturated rings. The number of hydrogen-bond donors (Lipinski definition) is 0. The van der Waals surface area contributed by atoms with Gasteiger partial charge >= 0.3 is 0 Å². The van der Waals surface area contributed by atoms with Crippen LogP contribution in [-0.2, 0) is 11.3 Å². The molecule has 5 rings (SSSR count). The second-order valence-corrected chi connectivity index (χ2v) is 9.95. The van der Waals surface area contributed by atoms with Crippen LogP contribution < -0.4 is 4.90 Å². The van der Waals surface area contributed by atoms with Crippen molar-refractivity contribution in [2.24, 2.45) is 0 Å². The minimum Gasteiger partial charge on any atom is -0.467 e. The van der Waals surface area contributed by atoms with Crippen molar-refractivity contribution < 1.29 is 14.0 Å². The standard InChI is InChI=1S/C27H29N3O3S/c1-19-5-3-7-24(20(19)2)28-12-14-29(15-13-28)26(32)21-8-10-22(11-9-21)27-30(25(31)18-34-27)17-23-6-4-16-33-23/h3-11,16,27H,12-15,17-18H2,1-2H3/t27-/m0/s1. The van der Waals surface area contributed by atoms with Gasteiger partial charge in [-0.2, -0.15) is 0 Å². The summed E-state index contributed by atoms with van der Waals surface area (Å²) in [5.74, 6) is 1.40. The highest BCUT2D eigenvalue weighted by molar-refractivity contribution is 8.00. The van der Waals surface area contributed by atoms with Gasteiger partial charge < -0.3 is 19.1 Å². The second kappa shape index (κ2) is 9.58. The molecule has 0 N–H and O–H groups in total. The topological polar surface area (TPSA) is 57.0 Å². The molecule has 1 atom stereocenters. The molecule has 176 valence electrons. The molecule has 0 aliphatic carbocycles. The monoisotopic (exact) mass is 475 g/mol. The molecule has 2 amide bonds. The molecular weight excluding hydrogens is 446 g/mol. The summed E-state index contributed by atoms with van der Waals surface area (Å²) in [4.78, 5) is 31.7. The Labute approximate surface area is 204 Å². The van der Waals surface area contributed by atoms with Gasteiger partial charge in [0.1, 0.15) is 11.1 Å². The van der Waals surface area contributed by atoms with Crippen molar-refractivity contribution in [3.05, 3.63) is 88.9 Å². The summed E-state index contributed by atoms with van der Waals surface area (Å²) in [7, 11) is 0. The van der Waals surface area contributed by atoms with Crippen LogP contribution in [-0.4, -0.2) is 53.5 Å². The predicted octanol–water partition coefficient (Wildman–Crippen LogP) is 4.63. The molecule has 3 heterocycles. The average Bonchev–Trinajstić information content (AvgIpc) is 3.51. The number of aryl methyl sites for hydroxylation is 1. The number of furan rings is 1. The van der Waals surface area contributed by atoms with Gasteiger partial charge in [-0.1, -0.05) is 24.3 Å². The number of thioether (sulfide) groups is 1. The molecule has 6 nitrogen and oxygen atoms in total. The van der Waals surface area contributed by atoms with Gasteiger partial charge in [0.25, 0.3) is 5.91 Å². The van der Waals surface area contributed by atoms with Crippen LogP contribution in [0.1, 0.15) is 38.2 Å². The molecule has 34 heavy (non-hydrogen) atoms. The number of nitrogens with zero attached hydrogens (tertiary/aromatic N) is 3. The summed E-state index contributed by atoms with van der Waals surface area (Å²) in [6, 6.07) is 17.9. The minimum absolute atomic E-state index is 0.0646. The number of rotatable bonds is 5. The molecule has 0 saturated carbocycles. The maximum Gasteiger partial charge on any atom is 0.253 e. The van der Waals surface area contributed by atoms with Crippen LogP contribution >= 0.6 is 11.8 Å². The number of amides is 2. The zero-order valence-corrected chi connectivity index (χ0v) is 20.4. The highest BCUT2D eigenvalue weighted by atomic mass is 32.2. The number of hydrogen-bond acceptors (Lipinski definition) is 5. The molecule has 2 aromatic carbocycles. The first-order valence-electron chi connectivity index (χ1n) is 11.6. The van der Waals surface area contributed by atoms with Gasteiger partial charge in [0.2, 0.25) is 5.91 Å². The summed E-state index contributed by atoms with van der Waals surface area (Å²) >= 11 is 1.61. The zero-order chi connectivity index (χ0) is 23.7. The summed E-state index contributed by atoms with van der Waals surface area (Å²) in [6.07, 6.45) is 1.63. The number of benzene rings is 2. The van der Waals surface area contributed by atoms with Crippen LogP contribution in [0.15, 0.2) is 65.3 Å². The van der Waals surface area contributed by atoms with Crippen LogP contribution in [0, 0.1) is 13.8 Å². The fourth-order valence-electron chi connectivity index (χ4n) is 4.67. The second-order valence-electron chi connectivity index (χ2n) is 8.88. The fourth-order valence-corrected chi connectivity index (χ4v) is 5.86. The van der Waals surface area contributed by atoms with Crippen molar-refractivity contribution >= 4 is 29.3 Å². The van der Waals surface area contributed by atoms with Crippen LogP contribution in [0.4, 0.5) is 5.69 Å². The molecule has 3 aromatic rings. The fraction of sp³-hybridized carbons (Fsp3) is 0.333. The summed E-state index contributed by atoms with van der Waals surface area (Å²) in [6.45, 7) is 7.83. The van der Waals surface area contributed by atoms with Crippen molar-refractivity contribution in [3.63, 3.8) is 0 Å². The Morgan fingerprint density at radius 3 is 2.47 bits per heavy atom. The van der Waals surface area contributed by atoms with Crippen molar-refractivity contribution in [2.45, 2.75) is 25.8 Å². The molecule has 0 spiro atoms. The van der Waals surface area contributed by atoms with E-state index in [1.165, 1.54) is 16.8 Å². The van der Waals surface area contributed by atoms with E-state index >= 15 is 0 Å². The summed E-state index contributed by atoms with van der Waals surface area (Å²) in [5, 5.41) is -0.0668. The van der Waals surface area contributed by atoms with Gasteiger partial charge in [-0.05, 0) is 60.9 Å². The Kier molecular flexibility index (Phi) is 6.37. The number of carbonyl (C=O) groups excluding carboxylic acids is 2. The van der Waals surface area contributed by atoms with E-state index in [1.807, 2.05) is 46.2 Å². The molecule has 2 aliphatic rings. The van der Waals surface area contributed by atoms with E-state index in [0.29, 0.717) is 31.0 Å². The van der Waals surface area contributed by atoms with Gasteiger partial charge in [-0.25, -0.2) is 0 Å². The van der Waals surface area contributed by atoms with E-state index < -0.39 is 0 Å². The first-order valence-corrected chi connectivity index (χ1v) is 12.7. The molecule has 0 unspecified atom stereocenters. The largest absolute Gasteiger partial charge is 0.467 e. The Balaban J connectivity index is 1.23. The average molecular weight is 476 g/mol. The molecule has 2 aliphatic heterocycles. The maximum atomic E-state index is 13.1. The highest BCUT2D eigenvalue weighted by Crippen LogP contribution is 2.39. The van der Waals surface area contributed by atoms with E-state index in [0.717, 1.165) is 24.4 Å². The van der Waals surface area contributed by atoms with Gasteiger partial charge in [-0.3, -0.25) is 9.59 Å². The Hall–Kier alpha value is -3.19.